The van der Waals surface area contributed by atoms with E-state index in [9.17, 15) is 25.0 Å². The van der Waals surface area contributed by atoms with Crippen LogP contribution in [0.15, 0.2) is 12.1 Å². The van der Waals surface area contributed by atoms with Crippen LogP contribution in [-0.4, -0.2) is 24.0 Å². The van der Waals surface area contributed by atoms with E-state index in [4.69, 9.17) is 7.85 Å². The van der Waals surface area contributed by atoms with Crippen molar-refractivity contribution in [2.24, 2.45) is 0 Å². The Morgan fingerprint density at radius 1 is 1.13 bits per heavy atom. The van der Waals surface area contributed by atoms with Crippen LogP contribution in [0.2, 0.25) is 0 Å². The number of aldehydes is 1. The molecule has 0 heterocycles. The Morgan fingerprint density at radius 3 is 2.07 bits per heavy atom. The fourth-order valence-corrected chi connectivity index (χ4v) is 1.02. The summed E-state index contributed by atoms with van der Waals surface area (Å²) in [5.41, 5.74) is -1.80. The number of rotatable bonds is 3. The lowest BCUT2D eigenvalue weighted by molar-refractivity contribution is -0.393. The molecular weight excluding hydrogens is 203 g/mol. The fraction of sp³-hybridized carbons (Fsp3) is 0. The van der Waals surface area contributed by atoms with Crippen molar-refractivity contribution in [3.05, 3.63) is 37.9 Å². The number of nitro groups is 2. The van der Waals surface area contributed by atoms with Crippen LogP contribution in [0.4, 0.5) is 11.4 Å². The van der Waals surface area contributed by atoms with Gasteiger partial charge in [-0.3, -0.25) is 25.0 Å². The number of nitrogens with zero attached hydrogens (tertiary/aromatic N) is 2. The third-order valence-electron chi connectivity index (χ3n) is 1.70. The molecule has 0 aliphatic carbocycles. The minimum atomic E-state index is -0.879. The highest BCUT2D eigenvalue weighted by molar-refractivity contribution is 6.35. The van der Waals surface area contributed by atoms with E-state index in [0.717, 1.165) is 6.07 Å². The van der Waals surface area contributed by atoms with E-state index in [-0.39, 0.29) is 17.3 Å². The van der Waals surface area contributed by atoms with E-state index in [1.807, 2.05) is 0 Å². The van der Waals surface area contributed by atoms with Crippen LogP contribution in [0.3, 0.4) is 0 Å². The topological polar surface area (TPSA) is 103 Å². The second-order valence-electron chi connectivity index (χ2n) is 2.60. The van der Waals surface area contributed by atoms with Gasteiger partial charge in [0, 0.05) is 0 Å². The molecule has 1 aromatic carbocycles. The lowest BCUT2D eigenvalue weighted by Gasteiger charge is -1.99. The molecule has 0 unspecified atom stereocenters. The lowest BCUT2D eigenvalue weighted by Crippen LogP contribution is -2.12. The smallest absolute Gasteiger partial charge is 0.286 e. The van der Waals surface area contributed by atoms with Crippen LogP contribution < -0.4 is 5.46 Å². The Balaban J connectivity index is 3.50. The quantitative estimate of drug-likeness (QED) is 0.302. The highest BCUT2D eigenvalue weighted by Crippen LogP contribution is 2.21. The molecule has 0 aromatic heterocycles. The van der Waals surface area contributed by atoms with Crippen LogP contribution in [-0.2, 0) is 0 Å². The van der Waals surface area contributed by atoms with Gasteiger partial charge in [0.1, 0.15) is 7.85 Å². The van der Waals surface area contributed by atoms with Gasteiger partial charge in [-0.2, -0.15) is 0 Å². The van der Waals surface area contributed by atoms with Crippen molar-refractivity contribution in [3.63, 3.8) is 0 Å². The largest absolute Gasteiger partial charge is 0.298 e. The lowest BCUT2D eigenvalue weighted by atomic mass is 9.91. The highest BCUT2D eigenvalue weighted by Gasteiger charge is 2.21. The Labute approximate surface area is 84.4 Å². The molecule has 0 fully saturated rings. The summed E-state index contributed by atoms with van der Waals surface area (Å²) >= 11 is 0. The molecular formula is C7H3BN2O5. The summed E-state index contributed by atoms with van der Waals surface area (Å²) in [6.45, 7) is 0. The minimum absolute atomic E-state index is 0.220. The first-order chi connectivity index (χ1) is 6.97. The zero-order valence-corrected chi connectivity index (χ0v) is 7.25. The third-order valence-corrected chi connectivity index (χ3v) is 1.70. The van der Waals surface area contributed by atoms with Gasteiger partial charge in [-0.15, -0.1) is 0 Å². The van der Waals surface area contributed by atoms with Gasteiger partial charge in [0.2, 0.25) is 0 Å². The standard InChI is InChI=1S/C7H3BN2O5/c8-5-1-4(3-11)6(9(12)13)2-7(5)10(14)15/h1-3H. The van der Waals surface area contributed by atoms with Gasteiger partial charge in [0.05, 0.1) is 21.5 Å². The molecule has 15 heavy (non-hydrogen) atoms. The Bertz CT molecular complexity index is 459. The van der Waals surface area contributed by atoms with E-state index in [1.54, 1.807) is 0 Å². The Hall–Kier alpha value is -2.25. The van der Waals surface area contributed by atoms with Gasteiger partial charge in [0.25, 0.3) is 11.4 Å². The van der Waals surface area contributed by atoms with E-state index in [1.165, 1.54) is 0 Å². The number of benzene rings is 1. The van der Waals surface area contributed by atoms with Gasteiger partial charge >= 0.3 is 0 Å². The van der Waals surface area contributed by atoms with Crippen molar-refractivity contribution in [1.82, 2.24) is 0 Å². The predicted molar refractivity (Wildman–Crippen MR) is 50.5 cm³/mol. The van der Waals surface area contributed by atoms with E-state index >= 15 is 0 Å². The molecule has 74 valence electrons. The van der Waals surface area contributed by atoms with Crippen molar-refractivity contribution in [3.8, 4) is 0 Å². The SMILES string of the molecule is [B]c1cc(C=O)c([N+](=O)[O-])cc1[N+](=O)[O-]. The van der Waals surface area contributed by atoms with Crippen molar-refractivity contribution in [2.75, 3.05) is 0 Å². The number of hydrogen-bond acceptors (Lipinski definition) is 5. The van der Waals surface area contributed by atoms with Gasteiger partial charge in [-0.1, -0.05) is 0 Å². The Morgan fingerprint density at radius 2 is 1.67 bits per heavy atom. The van der Waals surface area contributed by atoms with Gasteiger partial charge in [-0.25, -0.2) is 0 Å². The molecule has 0 amide bonds. The zero-order valence-electron chi connectivity index (χ0n) is 7.25. The van der Waals surface area contributed by atoms with Crippen molar-refractivity contribution in [1.29, 1.82) is 0 Å². The molecule has 0 N–H and O–H groups in total. The first-order valence-electron chi connectivity index (χ1n) is 3.65. The fourth-order valence-electron chi connectivity index (χ4n) is 1.02. The molecule has 0 aliphatic heterocycles. The molecule has 0 spiro atoms. The molecule has 0 atom stereocenters. The van der Waals surface area contributed by atoms with Crippen LogP contribution >= 0.6 is 0 Å². The number of carbonyl (C=O) groups excluding carboxylic acids is 1. The van der Waals surface area contributed by atoms with Crippen LogP contribution in [0.5, 0.6) is 0 Å². The van der Waals surface area contributed by atoms with Gasteiger partial charge < -0.3 is 0 Å². The Kier molecular flexibility index (Phi) is 2.79. The number of hydrogen-bond donors (Lipinski definition) is 0. The molecule has 0 saturated carbocycles. The predicted octanol–water partition coefficient (Wildman–Crippen LogP) is 0.109. The van der Waals surface area contributed by atoms with Gasteiger partial charge in [-0.05, 0) is 11.5 Å². The summed E-state index contributed by atoms with van der Waals surface area (Å²) in [7, 11) is 5.24. The average Bonchev–Trinajstić information content (AvgIpc) is 2.16. The summed E-state index contributed by atoms with van der Waals surface area (Å²) in [5.74, 6) is 0. The normalized spacial score (nSPS) is 9.60. The summed E-state index contributed by atoms with van der Waals surface area (Å²) in [6.07, 6.45) is 0.220. The van der Waals surface area contributed by atoms with Gasteiger partial charge in [0.15, 0.2) is 6.29 Å². The molecule has 7 nitrogen and oxygen atoms in total. The maximum Gasteiger partial charge on any atom is 0.286 e. The number of carbonyl (C=O) groups is 1. The van der Waals surface area contributed by atoms with Crippen LogP contribution in [0.1, 0.15) is 10.4 Å². The first kappa shape index (κ1) is 10.8. The van der Waals surface area contributed by atoms with Crippen molar-refractivity contribution in [2.45, 2.75) is 0 Å². The summed E-state index contributed by atoms with van der Waals surface area (Å²) in [4.78, 5) is 29.6. The molecule has 0 bridgehead atoms. The number of nitro benzene ring substituents is 2. The third kappa shape index (κ3) is 1.98. The van der Waals surface area contributed by atoms with Crippen LogP contribution in [0, 0.1) is 20.2 Å². The molecule has 1 aromatic rings. The zero-order chi connectivity index (χ0) is 11.6. The summed E-state index contributed by atoms with van der Waals surface area (Å²) in [5, 5.41) is 20.9. The second kappa shape index (κ2) is 3.87. The van der Waals surface area contributed by atoms with Crippen molar-refractivity contribution < 1.29 is 14.6 Å². The summed E-state index contributed by atoms with van der Waals surface area (Å²) in [6, 6.07) is 1.57. The monoisotopic (exact) mass is 206 g/mol. The average molecular weight is 206 g/mol. The summed E-state index contributed by atoms with van der Waals surface area (Å²) < 4.78 is 0. The van der Waals surface area contributed by atoms with Crippen molar-refractivity contribution >= 4 is 31.0 Å². The maximum absolute atomic E-state index is 10.5. The van der Waals surface area contributed by atoms with E-state index in [2.05, 4.69) is 0 Å². The molecule has 1 rings (SSSR count). The minimum Gasteiger partial charge on any atom is -0.298 e. The molecule has 0 aliphatic rings. The maximum atomic E-state index is 10.5. The molecule has 8 heteroatoms. The van der Waals surface area contributed by atoms with Crippen LogP contribution in [0.25, 0.3) is 0 Å². The second-order valence-corrected chi connectivity index (χ2v) is 2.60. The van der Waals surface area contributed by atoms with E-state index in [0.29, 0.717) is 6.07 Å². The molecule has 2 radical (unpaired) electrons. The first-order valence-corrected chi connectivity index (χ1v) is 3.65. The van der Waals surface area contributed by atoms with E-state index < -0.39 is 21.2 Å². The highest BCUT2D eigenvalue weighted by atomic mass is 16.6. The molecule has 0 saturated heterocycles.